The number of benzene rings is 1. The number of hydrazine groups is 1. The van der Waals surface area contributed by atoms with Crippen molar-refractivity contribution in [2.75, 3.05) is 5.32 Å². The van der Waals surface area contributed by atoms with Crippen molar-refractivity contribution in [3.05, 3.63) is 52.5 Å². The van der Waals surface area contributed by atoms with Gasteiger partial charge in [0.2, 0.25) is 0 Å². The van der Waals surface area contributed by atoms with Crippen LogP contribution in [0, 0.1) is 11.7 Å². The van der Waals surface area contributed by atoms with Crippen LogP contribution in [0.2, 0.25) is 0 Å². The highest BCUT2D eigenvalue weighted by molar-refractivity contribution is 7.80. The molecule has 0 bridgehead atoms. The molecule has 2 amide bonds. The molecule has 1 atom stereocenters. The number of thiophene rings is 1. The van der Waals surface area contributed by atoms with E-state index in [-0.39, 0.29) is 22.8 Å². The van der Waals surface area contributed by atoms with Crippen LogP contribution in [0.1, 0.15) is 23.5 Å². The first-order chi connectivity index (χ1) is 12.4. The predicted octanol–water partition coefficient (Wildman–Crippen LogP) is 2.66. The molecule has 4 N–H and O–H groups in total. The highest BCUT2D eigenvalue weighted by Crippen LogP contribution is 2.10. The van der Waals surface area contributed by atoms with E-state index < -0.39 is 11.9 Å². The Balaban J connectivity index is 1.87. The molecular formula is C17H19FN4O2S2. The topological polar surface area (TPSA) is 82.3 Å². The third kappa shape index (κ3) is 5.78. The molecule has 0 saturated heterocycles. The third-order valence-corrected chi connectivity index (χ3v) is 4.45. The molecule has 1 aromatic carbocycles. The van der Waals surface area contributed by atoms with Crippen LogP contribution < -0.4 is 21.5 Å². The standard InChI is InChI=1S/C17H19FN4O2S2/c1-10(2)14(20-15(23)13-4-3-9-26-13)16(24)21-22-17(25)19-12-7-5-11(18)6-8-12/h3-10,14H,1-2H3,(H,20,23)(H,21,24)(H2,19,22,25)/t14-/m0/s1. The molecule has 0 saturated carbocycles. The second-order valence-electron chi connectivity index (χ2n) is 5.75. The van der Waals surface area contributed by atoms with Crippen molar-refractivity contribution in [2.24, 2.45) is 5.92 Å². The number of carbonyl (C=O) groups is 2. The van der Waals surface area contributed by atoms with Crippen molar-refractivity contribution in [1.29, 1.82) is 0 Å². The van der Waals surface area contributed by atoms with Crippen molar-refractivity contribution in [3.63, 3.8) is 0 Å². The number of halogens is 1. The highest BCUT2D eigenvalue weighted by atomic mass is 32.1. The molecule has 0 aliphatic rings. The van der Waals surface area contributed by atoms with Gasteiger partial charge in [0, 0.05) is 5.69 Å². The van der Waals surface area contributed by atoms with Crippen molar-refractivity contribution < 1.29 is 14.0 Å². The quantitative estimate of drug-likeness (QED) is 0.463. The predicted molar refractivity (Wildman–Crippen MR) is 104 cm³/mol. The zero-order valence-electron chi connectivity index (χ0n) is 14.2. The van der Waals surface area contributed by atoms with Crippen LogP contribution in [-0.2, 0) is 4.79 Å². The number of rotatable bonds is 5. The molecular weight excluding hydrogens is 375 g/mol. The maximum absolute atomic E-state index is 12.9. The van der Waals surface area contributed by atoms with E-state index in [9.17, 15) is 14.0 Å². The van der Waals surface area contributed by atoms with Crippen LogP contribution in [0.15, 0.2) is 41.8 Å². The first-order valence-electron chi connectivity index (χ1n) is 7.83. The number of hydrogen-bond donors (Lipinski definition) is 4. The van der Waals surface area contributed by atoms with Gasteiger partial charge in [-0.15, -0.1) is 11.3 Å². The Labute approximate surface area is 160 Å². The summed E-state index contributed by atoms with van der Waals surface area (Å²) in [6.07, 6.45) is 0. The summed E-state index contributed by atoms with van der Waals surface area (Å²) in [5.74, 6) is -1.21. The normalized spacial score (nSPS) is 11.5. The summed E-state index contributed by atoms with van der Waals surface area (Å²) in [5, 5.41) is 7.45. The maximum Gasteiger partial charge on any atom is 0.262 e. The van der Waals surface area contributed by atoms with Gasteiger partial charge in [-0.2, -0.15) is 0 Å². The SMILES string of the molecule is CC(C)[C@H](NC(=O)c1cccs1)C(=O)NNC(=S)Nc1ccc(F)cc1. The molecule has 0 unspecified atom stereocenters. The van der Waals surface area contributed by atoms with E-state index in [1.165, 1.54) is 35.6 Å². The Morgan fingerprint density at radius 1 is 1.12 bits per heavy atom. The first kappa shape index (κ1) is 19.8. The van der Waals surface area contributed by atoms with E-state index in [2.05, 4.69) is 21.5 Å². The average molecular weight is 394 g/mol. The summed E-state index contributed by atoms with van der Waals surface area (Å²) in [7, 11) is 0. The van der Waals surface area contributed by atoms with Gasteiger partial charge in [0.05, 0.1) is 4.88 Å². The molecule has 138 valence electrons. The summed E-state index contributed by atoms with van der Waals surface area (Å²) in [6, 6.07) is 8.34. The molecule has 2 aromatic rings. The molecule has 0 spiro atoms. The minimum absolute atomic E-state index is 0.126. The smallest absolute Gasteiger partial charge is 0.262 e. The van der Waals surface area contributed by atoms with E-state index in [4.69, 9.17) is 12.2 Å². The van der Waals surface area contributed by atoms with Gasteiger partial charge in [0.15, 0.2) is 5.11 Å². The molecule has 0 radical (unpaired) electrons. The number of nitrogens with one attached hydrogen (secondary N) is 4. The Hall–Kier alpha value is -2.52. The maximum atomic E-state index is 12.9. The second-order valence-corrected chi connectivity index (χ2v) is 7.10. The lowest BCUT2D eigenvalue weighted by molar-refractivity contribution is -0.124. The fourth-order valence-corrected chi connectivity index (χ4v) is 2.84. The zero-order valence-corrected chi connectivity index (χ0v) is 15.8. The number of anilines is 1. The summed E-state index contributed by atoms with van der Waals surface area (Å²) < 4.78 is 12.9. The van der Waals surface area contributed by atoms with E-state index in [0.29, 0.717) is 10.6 Å². The monoisotopic (exact) mass is 394 g/mol. The average Bonchev–Trinajstić information content (AvgIpc) is 3.14. The largest absolute Gasteiger partial charge is 0.339 e. The number of hydrogen-bond acceptors (Lipinski definition) is 4. The molecule has 1 aromatic heterocycles. The number of carbonyl (C=O) groups excluding carboxylic acids is 2. The fraction of sp³-hybridized carbons (Fsp3) is 0.235. The van der Waals surface area contributed by atoms with Gasteiger partial charge in [0.1, 0.15) is 11.9 Å². The summed E-state index contributed by atoms with van der Waals surface area (Å²) in [4.78, 5) is 25.1. The first-order valence-corrected chi connectivity index (χ1v) is 9.12. The molecule has 0 fully saturated rings. The van der Waals surface area contributed by atoms with Crippen LogP contribution >= 0.6 is 23.6 Å². The lowest BCUT2D eigenvalue weighted by Gasteiger charge is -2.22. The van der Waals surface area contributed by atoms with E-state index in [0.717, 1.165) is 0 Å². The van der Waals surface area contributed by atoms with Crippen LogP contribution in [0.5, 0.6) is 0 Å². The Morgan fingerprint density at radius 2 is 1.81 bits per heavy atom. The number of amides is 2. The van der Waals surface area contributed by atoms with E-state index >= 15 is 0 Å². The molecule has 1 heterocycles. The molecule has 26 heavy (non-hydrogen) atoms. The number of thiocarbonyl (C=S) groups is 1. The van der Waals surface area contributed by atoms with Crippen molar-refractivity contribution in [2.45, 2.75) is 19.9 Å². The summed E-state index contributed by atoms with van der Waals surface area (Å²) >= 11 is 6.38. The van der Waals surface area contributed by atoms with Gasteiger partial charge in [0.25, 0.3) is 11.8 Å². The van der Waals surface area contributed by atoms with Gasteiger partial charge in [-0.3, -0.25) is 20.4 Å². The fourth-order valence-electron chi connectivity index (χ4n) is 2.05. The van der Waals surface area contributed by atoms with Crippen LogP contribution in [0.4, 0.5) is 10.1 Å². The van der Waals surface area contributed by atoms with Crippen molar-refractivity contribution >= 4 is 46.2 Å². The minimum atomic E-state index is -0.731. The zero-order chi connectivity index (χ0) is 19.1. The van der Waals surface area contributed by atoms with E-state index in [1.807, 2.05) is 13.8 Å². The second kappa shape index (κ2) is 9.25. The Kier molecular flexibility index (Phi) is 7.05. The van der Waals surface area contributed by atoms with Gasteiger partial charge in [-0.25, -0.2) is 4.39 Å². The van der Waals surface area contributed by atoms with Crippen molar-refractivity contribution in [3.8, 4) is 0 Å². The third-order valence-electron chi connectivity index (χ3n) is 3.38. The highest BCUT2D eigenvalue weighted by Gasteiger charge is 2.25. The van der Waals surface area contributed by atoms with Gasteiger partial charge in [-0.05, 0) is 53.8 Å². The summed E-state index contributed by atoms with van der Waals surface area (Å²) in [6.45, 7) is 3.65. The molecule has 2 rings (SSSR count). The van der Waals surface area contributed by atoms with Crippen molar-refractivity contribution in [1.82, 2.24) is 16.2 Å². The molecule has 9 heteroatoms. The summed E-state index contributed by atoms with van der Waals surface area (Å²) in [5.41, 5.74) is 5.61. The molecule has 0 aliphatic carbocycles. The van der Waals surface area contributed by atoms with E-state index in [1.54, 1.807) is 17.5 Å². The van der Waals surface area contributed by atoms with Gasteiger partial charge in [-0.1, -0.05) is 19.9 Å². The van der Waals surface area contributed by atoms with Gasteiger partial charge < -0.3 is 10.6 Å². The van der Waals surface area contributed by atoms with Crippen LogP contribution in [0.25, 0.3) is 0 Å². The minimum Gasteiger partial charge on any atom is -0.339 e. The Bertz CT molecular complexity index is 764. The lowest BCUT2D eigenvalue weighted by Crippen LogP contribution is -2.54. The molecule has 6 nitrogen and oxygen atoms in total. The molecule has 0 aliphatic heterocycles. The van der Waals surface area contributed by atoms with Gasteiger partial charge >= 0.3 is 0 Å². The van der Waals surface area contributed by atoms with Crippen LogP contribution in [0.3, 0.4) is 0 Å². The lowest BCUT2D eigenvalue weighted by atomic mass is 10.0. The van der Waals surface area contributed by atoms with Crippen LogP contribution in [-0.4, -0.2) is 23.0 Å². The Morgan fingerprint density at radius 3 is 2.38 bits per heavy atom.